The maximum atomic E-state index is 13.8. The van der Waals surface area contributed by atoms with Crippen molar-refractivity contribution in [1.29, 1.82) is 0 Å². The SMILES string of the molecule is CNc1nc(OC(C)C)nc(-c2c(F)cccc2F)n1. The minimum Gasteiger partial charge on any atom is -0.461 e. The molecule has 0 fully saturated rings. The van der Waals surface area contributed by atoms with Gasteiger partial charge in [0.1, 0.15) is 11.6 Å². The zero-order valence-corrected chi connectivity index (χ0v) is 11.3. The van der Waals surface area contributed by atoms with Crippen molar-refractivity contribution in [3.05, 3.63) is 29.8 Å². The van der Waals surface area contributed by atoms with Crippen LogP contribution in [0, 0.1) is 11.6 Å². The molecule has 0 amide bonds. The van der Waals surface area contributed by atoms with Gasteiger partial charge in [-0.1, -0.05) is 6.07 Å². The third-order valence-corrected chi connectivity index (χ3v) is 2.37. The van der Waals surface area contributed by atoms with Gasteiger partial charge in [-0.25, -0.2) is 8.78 Å². The first-order chi connectivity index (χ1) is 9.51. The second-order valence-electron chi connectivity index (χ2n) is 4.28. The van der Waals surface area contributed by atoms with Gasteiger partial charge in [-0.05, 0) is 26.0 Å². The number of rotatable bonds is 4. The van der Waals surface area contributed by atoms with Crippen LogP contribution in [-0.4, -0.2) is 28.1 Å². The molecule has 0 aliphatic carbocycles. The first kappa shape index (κ1) is 14.1. The number of hydrogen-bond acceptors (Lipinski definition) is 5. The average molecular weight is 280 g/mol. The number of benzene rings is 1. The van der Waals surface area contributed by atoms with Gasteiger partial charge in [0.25, 0.3) is 0 Å². The molecule has 0 saturated heterocycles. The van der Waals surface area contributed by atoms with Crippen LogP contribution in [0.5, 0.6) is 6.01 Å². The number of halogens is 2. The van der Waals surface area contributed by atoms with Crippen LogP contribution in [-0.2, 0) is 0 Å². The molecule has 0 radical (unpaired) electrons. The monoisotopic (exact) mass is 280 g/mol. The Kier molecular flexibility index (Phi) is 4.07. The molecular weight excluding hydrogens is 266 g/mol. The molecule has 0 aliphatic rings. The lowest BCUT2D eigenvalue weighted by atomic mass is 10.2. The highest BCUT2D eigenvalue weighted by Crippen LogP contribution is 2.24. The summed E-state index contributed by atoms with van der Waals surface area (Å²) < 4.78 is 32.9. The first-order valence-electron chi connectivity index (χ1n) is 6.06. The molecule has 0 saturated carbocycles. The van der Waals surface area contributed by atoms with E-state index in [0.29, 0.717) is 0 Å². The van der Waals surface area contributed by atoms with Gasteiger partial charge in [0.2, 0.25) is 5.95 Å². The van der Waals surface area contributed by atoms with E-state index in [9.17, 15) is 8.78 Å². The Morgan fingerprint density at radius 1 is 1.10 bits per heavy atom. The lowest BCUT2D eigenvalue weighted by molar-refractivity contribution is 0.222. The molecular formula is C13H14F2N4O. The average Bonchev–Trinajstić information content (AvgIpc) is 2.37. The Hall–Kier alpha value is -2.31. The van der Waals surface area contributed by atoms with Crippen LogP contribution in [0.25, 0.3) is 11.4 Å². The summed E-state index contributed by atoms with van der Waals surface area (Å²) in [5.41, 5.74) is -0.306. The van der Waals surface area contributed by atoms with E-state index >= 15 is 0 Å². The summed E-state index contributed by atoms with van der Waals surface area (Å²) in [6.45, 7) is 3.60. The van der Waals surface area contributed by atoms with Crippen molar-refractivity contribution >= 4 is 5.95 Å². The molecule has 5 nitrogen and oxygen atoms in total. The van der Waals surface area contributed by atoms with E-state index in [4.69, 9.17) is 4.74 Å². The van der Waals surface area contributed by atoms with Crippen LogP contribution in [0.2, 0.25) is 0 Å². The van der Waals surface area contributed by atoms with Crippen LogP contribution in [0.15, 0.2) is 18.2 Å². The second kappa shape index (κ2) is 5.77. The van der Waals surface area contributed by atoms with Gasteiger partial charge in [-0.3, -0.25) is 0 Å². The molecule has 1 aromatic heterocycles. The highest BCUT2D eigenvalue weighted by Gasteiger charge is 2.17. The molecule has 106 valence electrons. The van der Waals surface area contributed by atoms with E-state index in [1.165, 1.54) is 6.07 Å². The number of nitrogens with one attached hydrogen (secondary N) is 1. The van der Waals surface area contributed by atoms with E-state index in [1.54, 1.807) is 20.9 Å². The van der Waals surface area contributed by atoms with Gasteiger partial charge in [0.05, 0.1) is 11.7 Å². The fourth-order valence-corrected chi connectivity index (χ4v) is 1.56. The highest BCUT2D eigenvalue weighted by molar-refractivity contribution is 5.58. The van der Waals surface area contributed by atoms with Crippen LogP contribution in [0.4, 0.5) is 14.7 Å². The number of aromatic nitrogens is 3. The molecule has 2 rings (SSSR count). The molecule has 0 aliphatic heterocycles. The molecule has 0 spiro atoms. The van der Waals surface area contributed by atoms with Crippen LogP contribution < -0.4 is 10.1 Å². The molecule has 0 atom stereocenters. The lowest BCUT2D eigenvalue weighted by Crippen LogP contribution is -2.11. The quantitative estimate of drug-likeness (QED) is 0.933. The number of anilines is 1. The predicted octanol–water partition coefficient (Wildman–Crippen LogP) is 2.65. The molecule has 7 heteroatoms. The predicted molar refractivity (Wildman–Crippen MR) is 70.5 cm³/mol. The summed E-state index contributed by atoms with van der Waals surface area (Å²) in [4.78, 5) is 11.9. The van der Waals surface area contributed by atoms with E-state index in [2.05, 4.69) is 20.3 Å². The molecule has 2 aromatic rings. The fourth-order valence-electron chi connectivity index (χ4n) is 1.56. The van der Waals surface area contributed by atoms with E-state index < -0.39 is 11.6 Å². The number of nitrogens with zero attached hydrogens (tertiary/aromatic N) is 3. The molecule has 1 heterocycles. The van der Waals surface area contributed by atoms with E-state index in [-0.39, 0.29) is 29.5 Å². The van der Waals surface area contributed by atoms with Gasteiger partial charge in [-0.2, -0.15) is 15.0 Å². The third kappa shape index (κ3) is 2.98. The maximum Gasteiger partial charge on any atom is 0.322 e. The van der Waals surface area contributed by atoms with E-state index in [1.807, 2.05) is 0 Å². The summed E-state index contributed by atoms with van der Waals surface area (Å²) in [6.07, 6.45) is -0.166. The van der Waals surface area contributed by atoms with Crippen molar-refractivity contribution in [1.82, 2.24) is 15.0 Å². The third-order valence-electron chi connectivity index (χ3n) is 2.37. The Balaban J connectivity index is 2.55. The Morgan fingerprint density at radius 3 is 2.30 bits per heavy atom. The smallest absolute Gasteiger partial charge is 0.322 e. The topological polar surface area (TPSA) is 59.9 Å². The van der Waals surface area contributed by atoms with E-state index in [0.717, 1.165) is 12.1 Å². The summed E-state index contributed by atoms with van der Waals surface area (Å²) in [5.74, 6) is -1.42. The zero-order chi connectivity index (χ0) is 14.7. The zero-order valence-electron chi connectivity index (χ0n) is 11.3. The molecule has 1 aromatic carbocycles. The van der Waals surface area contributed by atoms with Crippen molar-refractivity contribution in [3.63, 3.8) is 0 Å². The van der Waals surface area contributed by atoms with Crippen molar-refractivity contribution in [2.45, 2.75) is 20.0 Å². The summed E-state index contributed by atoms with van der Waals surface area (Å²) in [6, 6.07) is 3.57. The fraction of sp³-hybridized carbons (Fsp3) is 0.308. The van der Waals surface area contributed by atoms with Crippen molar-refractivity contribution in [2.75, 3.05) is 12.4 Å². The molecule has 20 heavy (non-hydrogen) atoms. The number of ether oxygens (including phenoxy) is 1. The Bertz CT molecular complexity index is 599. The highest BCUT2D eigenvalue weighted by atomic mass is 19.1. The Morgan fingerprint density at radius 2 is 1.75 bits per heavy atom. The second-order valence-corrected chi connectivity index (χ2v) is 4.28. The van der Waals surface area contributed by atoms with Gasteiger partial charge in [0, 0.05) is 7.05 Å². The summed E-state index contributed by atoms with van der Waals surface area (Å²) >= 11 is 0. The van der Waals surface area contributed by atoms with Crippen molar-refractivity contribution in [2.24, 2.45) is 0 Å². The van der Waals surface area contributed by atoms with Crippen LogP contribution >= 0.6 is 0 Å². The molecule has 0 unspecified atom stereocenters. The Labute approximate surface area is 115 Å². The first-order valence-corrected chi connectivity index (χ1v) is 6.06. The number of hydrogen-bond donors (Lipinski definition) is 1. The van der Waals surface area contributed by atoms with Gasteiger partial charge < -0.3 is 10.1 Å². The normalized spacial score (nSPS) is 10.7. The van der Waals surface area contributed by atoms with Crippen LogP contribution in [0.1, 0.15) is 13.8 Å². The van der Waals surface area contributed by atoms with Gasteiger partial charge in [0.15, 0.2) is 5.82 Å². The molecule has 0 bridgehead atoms. The van der Waals surface area contributed by atoms with Gasteiger partial charge in [-0.15, -0.1) is 0 Å². The molecule has 1 N–H and O–H groups in total. The summed E-state index contributed by atoms with van der Waals surface area (Å²) in [5, 5.41) is 2.70. The van der Waals surface area contributed by atoms with Crippen molar-refractivity contribution < 1.29 is 13.5 Å². The van der Waals surface area contributed by atoms with Crippen LogP contribution in [0.3, 0.4) is 0 Å². The van der Waals surface area contributed by atoms with Gasteiger partial charge >= 0.3 is 6.01 Å². The minimum atomic E-state index is -0.742. The maximum absolute atomic E-state index is 13.8. The standard InChI is InChI=1S/C13H14F2N4O/c1-7(2)20-13-18-11(17-12(16-3)19-13)10-8(14)5-4-6-9(10)15/h4-7H,1-3H3,(H,16,17,18,19). The minimum absolute atomic E-state index is 0.0111. The van der Waals surface area contributed by atoms with Crippen molar-refractivity contribution in [3.8, 4) is 17.4 Å². The largest absolute Gasteiger partial charge is 0.461 e. The lowest BCUT2D eigenvalue weighted by Gasteiger charge is -2.11. The summed E-state index contributed by atoms with van der Waals surface area (Å²) in [7, 11) is 1.59.